The highest BCUT2D eigenvalue weighted by Gasteiger charge is 2.24. The van der Waals surface area contributed by atoms with Crippen LogP contribution in [0.1, 0.15) is 54.4 Å². The molecule has 4 aromatic rings. The van der Waals surface area contributed by atoms with Crippen molar-refractivity contribution in [2.24, 2.45) is 0 Å². The number of hydrogen-bond acceptors (Lipinski definition) is 6. The number of amides is 2. The van der Waals surface area contributed by atoms with Crippen LogP contribution in [0.3, 0.4) is 0 Å². The fourth-order valence-electron chi connectivity index (χ4n) is 3.86. The van der Waals surface area contributed by atoms with Crippen molar-refractivity contribution < 1.29 is 19.5 Å². The van der Waals surface area contributed by atoms with Crippen LogP contribution in [-0.4, -0.2) is 33.9 Å². The Morgan fingerprint density at radius 2 is 1.66 bits per heavy atom. The average Bonchev–Trinajstić information content (AvgIpc) is 3.64. The molecule has 4 N–H and O–H groups in total. The summed E-state index contributed by atoms with van der Waals surface area (Å²) >= 11 is 1.20. The van der Waals surface area contributed by atoms with Crippen molar-refractivity contribution >= 4 is 39.9 Å². The third kappa shape index (κ3) is 5.90. The van der Waals surface area contributed by atoms with E-state index in [0.29, 0.717) is 39.1 Å². The highest BCUT2D eigenvalue weighted by atomic mass is 32.1. The number of nitrogens with zero attached hydrogens (tertiary/aromatic N) is 1. The monoisotopic (exact) mass is 526 g/mol. The predicted molar refractivity (Wildman–Crippen MR) is 147 cm³/mol. The van der Waals surface area contributed by atoms with Crippen LogP contribution in [0.15, 0.2) is 72.8 Å². The molecule has 5 rings (SSSR count). The van der Waals surface area contributed by atoms with Crippen molar-refractivity contribution in [2.75, 3.05) is 5.32 Å². The quantitative estimate of drug-likeness (QED) is 0.232. The van der Waals surface area contributed by atoms with Gasteiger partial charge in [0.1, 0.15) is 4.88 Å². The fraction of sp³-hybridized carbons (Fsp3) is 0.172. The first-order valence-corrected chi connectivity index (χ1v) is 13.0. The second-order valence-corrected chi connectivity index (χ2v) is 10.1. The van der Waals surface area contributed by atoms with Crippen molar-refractivity contribution in [3.05, 3.63) is 99.9 Å². The molecule has 0 spiro atoms. The highest BCUT2D eigenvalue weighted by molar-refractivity contribution is 7.18. The number of carboxylic acid groups (broad SMARTS) is 1. The molecule has 1 fully saturated rings. The van der Waals surface area contributed by atoms with Crippen molar-refractivity contribution in [3.8, 4) is 11.3 Å². The molecule has 0 saturated heterocycles. The Balaban J connectivity index is 1.44. The molecule has 0 aliphatic heterocycles. The van der Waals surface area contributed by atoms with Crippen LogP contribution in [0.4, 0.5) is 10.8 Å². The summed E-state index contributed by atoms with van der Waals surface area (Å²) in [5, 5.41) is 19.0. The van der Waals surface area contributed by atoms with E-state index in [2.05, 4.69) is 16.0 Å². The van der Waals surface area contributed by atoms with Crippen LogP contribution < -0.4 is 16.0 Å². The molecular formula is C29H26N4O4S. The average molecular weight is 527 g/mol. The lowest BCUT2D eigenvalue weighted by molar-refractivity contribution is 0.0696. The van der Waals surface area contributed by atoms with E-state index < -0.39 is 5.97 Å². The molecule has 1 aliphatic carbocycles. The van der Waals surface area contributed by atoms with Gasteiger partial charge < -0.3 is 21.1 Å². The molecule has 38 heavy (non-hydrogen) atoms. The van der Waals surface area contributed by atoms with Crippen molar-refractivity contribution in [1.29, 1.82) is 0 Å². The van der Waals surface area contributed by atoms with Crippen LogP contribution >= 0.6 is 11.3 Å². The van der Waals surface area contributed by atoms with Crippen molar-refractivity contribution in [3.63, 3.8) is 0 Å². The Hall–Kier alpha value is -4.50. The van der Waals surface area contributed by atoms with Gasteiger partial charge in [0, 0.05) is 29.4 Å². The topological polar surface area (TPSA) is 120 Å². The molecule has 1 aliphatic rings. The van der Waals surface area contributed by atoms with Gasteiger partial charge in [-0.05, 0) is 55.2 Å². The van der Waals surface area contributed by atoms with Gasteiger partial charge in [-0.2, -0.15) is 0 Å². The Morgan fingerprint density at radius 3 is 2.34 bits per heavy atom. The van der Waals surface area contributed by atoms with E-state index in [4.69, 9.17) is 4.98 Å². The van der Waals surface area contributed by atoms with E-state index in [1.807, 2.05) is 43.3 Å². The number of benzene rings is 3. The second-order valence-electron chi connectivity index (χ2n) is 9.15. The van der Waals surface area contributed by atoms with E-state index in [1.165, 1.54) is 23.5 Å². The fourth-order valence-corrected chi connectivity index (χ4v) is 4.78. The second kappa shape index (κ2) is 10.9. The van der Waals surface area contributed by atoms with Crippen molar-refractivity contribution in [1.82, 2.24) is 15.6 Å². The van der Waals surface area contributed by atoms with Gasteiger partial charge >= 0.3 is 5.97 Å². The van der Waals surface area contributed by atoms with Gasteiger partial charge in [0.05, 0.1) is 11.3 Å². The van der Waals surface area contributed by atoms with Gasteiger partial charge in [-0.3, -0.25) is 9.59 Å². The molecular weight excluding hydrogens is 500 g/mol. The molecule has 9 heteroatoms. The summed E-state index contributed by atoms with van der Waals surface area (Å²) in [7, 11) is 0. The lowest BCUT2D eigenvalue weighted by atomic mass is 10.1. The zero-order chi connectivity index (χ0) is 26.6. The van der Waals surface area contributed by atoms with Gasteiger partial charge in [0.2, 0.25) is 0 Å². The molecule has 1 saturated carbocycles. The molecule has 1 heterocycles. The smallest absolute Gasteiger partial charge is 0.335 e. The standard InChI is InChI=1S/C29H26N4O4S/c1-17-7-8-21(26(34)31-22-13-14-22)15-23(17)32-29-33-24(19-9-11-20(12-10-19)28(36)37)25(38-29)27(35)30-16-18-5-3-2-4-6-18/h2-12,15,22H,13-14,16H2,1H3,(H,30,35)(H,31,34)(H,32,33)(H,36,37). The van der Waals surface area contributed by atoms with Crippen LogP contribution in [0, 0.1) is 6.92 Å². The number of carboxylic acids is 1. The Kier molecular flexibility index (Phi) is 7.19. The Bertz CT molecular complexity index is 1500. The first-order valence-electron chi connectivity index (χ1n) is 12.2. The largest absolute Gasteiger partial charge is 0.478 e. The number of anilines is 2. The number of rotatable bonds is 9. The SMILES string of the molecule is Cc1ccc(C(=O)NC2CC2)cc1Nc1nc(-c2ccc(C(=O)O)cc2)c(C(=O)NCc2ccccc2)s1. The maximum Gasteiger partial charge on any atom is 0.335 e. The molecule has 3 aromatic carbocycles. The van der Waals surface area contributed by atoms with Crippen LogP contribution in [0.25, 0.3) is 11.3 Å². The molecule has 192 valence electrons. The zero-order valence-corrected chi connectivity index (χ0v) is 21.5. The van der Waals surface area contributed by atoms with Gasteiger partial charge in [0.15, 0.2) is 5.13 Å². The number of aryl methyl sites for hydroxylation is 1. The molecule has 2 amide bonds. The van der Waals surface area contributed by atoms with E-state index in [9.17, 15) is 19.5 Å². The third-order valence-electron chi connectivity index (χ3n) is 6.19. The molecule has 0 bridgehead atoms. The van der Waals surface area contributed by atoms with Gasteiger partial charge in [-0.1, -0.05) is 59.9 Å². The molecule has 0 unspecified atom stereocenters. The first kappa shape index (κ1) is 25.2. The first-order chi connectivity index (χ1) is 18.4. The number of nitrogens with one attached hydrogen (secondary N) is 3. The Morgan fingerprint density at radius 1 is 0.947 bits per heavy atom. The molecule has 0 atom stereocenters. The summed E-state index contributed by atoms with van der Waals surface area (Å²) in [6, 6.07) is 21.6. The van der Waals surface area contributed by atoms with Crippen LogP contribution in [0.5, 0.6) is 0 Å². The minimum absolute atomic E-state index is 0.116. The minimum Gasteiger partial charge on any atom is -0.478 e. The zero-order valence-electron chi connectivity index (χ0n) is 20.7. The van der Waals surface area contributed by atoms with Gasteiger partial charge in [-0.25, -0.2) is 9.78 Å². The number of hydrogen-bond donors (Lipinski definition) is 4. The predicted octanol–water partition coefficient (Wildman–Crippen LogP) is 5.38. The number of aromatic nitrogens is 1. The summed E-state index contributed by atoms with van der Waals surface area (Å²) in [5.74, 6) is -1.43. The van der Waals surface area contributed by atoms with E-state index >= 15 is 0 Å². The summed E-state index contributed by atoms with van der Waals surface area (Å²) in [5.41, 5.74) is 4.37. The summed E-state index contributed by atoms with van der Waals surface area (Å²) < 4.78 is 0. The van der Waals surface area contributed by atoms with Crippen LogP contribution in [-0.2, 0) is 6.54 Å². The highest BCUT2D eigenvalue weighted by Crippen LogP contribution is 2.34. The van der Waals surface area contributed by atoms with Crippen LogP contribution in [0.2, 0.25) is 0 Å². The van der Waals surface area contributed by atoms with E-state index in [-0.39, 0.29) is 23.4 Å². The lowest BCUT2D eigenvalue weighted by Gasteiger charge is -2.10. The van der Waals surface area contributed by atoms with Gasteiger partial charge in [-0.15, -0.1) is 0 Å². The maximum atomic E-state index is 13.3. The van der Waals surface area contributed by atoms with E-state index in [1.54, 1.807) is 24.3 Å². The van der Waals surface area contributed by atoms with E-state index in [0.717, 1.165) is 24.0 Å². The lowest BCUT2D eigenvalue weighted by Crippen LogP contribution is -2.25. The maximum absolute atomic E-state index is 13.3. The van der Waals surface area contributed by atoms with Crippen molar-refractivity contribution in [2.45, 2.75) is 32.4 Å². The number of carbonyl (C=O) groups is 3. The minimum atomic E-state index is -1.03. The molecule has 1 aromatic heterocycles. The Labute approximate surface area is 223 Å². The summed E-state index contributed by atoms with van der Waals surface area (Å²) in [6.45, 7) is 2.28. The summed E-state index contributed by atoms with van der Waals surface area (Å²) in [4.78, 5) is 42.2. The summed E-state index contributed by atoms with van der Waals surface area (Å²) in [6.07, 6.45) is 2.01. The normalized spacial score (nSPS) is 12.6. The number of aromatic carboxylic acids is 1. The van der Waals surface area contributed by atoms with Gasteiger partial charge in [0.25, 0.3) is 11.8 Å². The molecule has 8 nitrogen and oxygen atoms in total. The number of carbonyl (C=O) groups excluding carboxylic acids is 2. The third-order valence-corrected chi connectivity index (χ3v) is 7.16. The molecule has 0 radical (unpaired) electrons. The number of thiazole rings is 1.